The Labute approximate surface area is 163 Å². The lowest BCUT2D eigenvalue weighted by Gasteiger charge is -2.18. The van der Waals surface area contributed by atoms with Crippen LogP contribution in [0.5, 0.6) is 0 Å². The van der Waals surface area contributed by atoms with E-state index in [1.807, 2.05) is 20.8 Å². The number of anilines is 1. The van der Waals surface area contributed by atoms with E-state index in [4.69, 9.17) is 0 Å². The van der Waals surface area contributed by atoms with Crippen LogP contribution in [0.2, 0.25) is 0 Å². The van der Waals surface area contributed by atoms with Crippen molar-refractivity contribution in [3.8, 4) is 0 Å². The second-order valence-electron chi connectivity index (χ2n) is 5.83. The van der Waals surface area contributed by atoms with Gasteiger partial charge in [0, 0.05) is 45.3 Å². The highest BCUT2D eigenvalue weighted by molar-refractivity contribution is 5.80. The Hall–Kier alpha value is -2.52. The van der Waals surface area contributed by atoms with Crippen molar-refractivity contribution in [3.05, 3.63) is 23.9 Å². The number of hydrogen-bond donors (Lipinski definition) is 3. The first kappa shape index (κ1) is 23.5. The Morgan fingerprint density at radius 1 is 1.18 bits per heavy atom. The summed E-state index contributed by atoms with van der Waals surface area (Å²) in [6.07, 6.45) is -2.85. The molecule has 1 heterocycles. The average molecular weight is 402 g/mol. The number of halogens is 3. The van der Waals surface area contributed by atoms with Gasteiger partial charge in [0.25, 0.3) is 0 Å². The second kappa shape index (κ2) is 12.0. The van der Waals surface area contributed by atoms with Gasteiger partial charge in [0.2, 0.25) is 5.91 Å². The zero-order valence-electron chi connectivity index (χ0n) is 16.6. The molecule has 7 nitrogen and oxygen atoms in total. The molecule has 1 rings (SSSR count). The molecular weight excluding hydrogens is 373 g/mol. The topological polar surface area (TPSA) is 81.7 Å². The Balaban J connectivity index is 2.51. The molecule has 1 aromatic rings. The van der Waals surface area contributed by atoms with Crippen LogP contribution in [0.4, 0.5) is 19.0 Å². The molecule has 1 aromatic heterocycles. The zero-order valence-corrected chi connectivity index (χ0v) is 16.6. The Morgan fingerprint density at radius 2 is 1.89 bits per heavy atom. The van der Waals surface area contributed by atoms with Gasteiger partial charge in [-0.2, -0.15) is 13.2 Å². The van der Waals surface area contributed by atoms with E-state index < -0.39 is 11.7 Å². The maximum Gasteiger partial charge on any atom is 0.419 e. The van der Waals surface area contributed by atoms with Gasteiger partial charge in [-0.3, -0.25) is 9.79 Å². The molecule has 0 atom stereocenters. The second-order valence-corrected chi connectivity index (χ2v) is 5.83. The molecule has 10 heteroatoms. The standard InChI is InChI=1S/C18H29F3N6O/c1-4-22-17(25-11-9-15(28)27(5-2)6-3)26-13-12-24-16-14(18(19,20)21)8-7-10-23-16/h7-8,10H,4-6,9,11-13H2,1-3H3,(H,23,24)(H2,22,25,26). The quantitative estimate of drug-likeness (QED) is 0.318. The Morgan fingerprint density at radius 3 is 2.50 bits per heavy atom. The van der Waals surface area contributed by atoms with Crippen molar-refractivity contribution < 1.29 is 18.0 Å². The number of guanidine groups is 1. The molecule has 0 aromatic carbocycles. The van der Waals surface area contributed by atoms with E-state index in [1.165, 1.54) is 12.3 Å². The Bertz CT molecular complexity index is 632. The minimum atomic E-state index is -4.46. The molecule has 0 fully saturated rings. The summed E-state index contributed by atoms with van der Waals surface area (Å²) >= 11 is 0. The van der Waals surface area contributed by atoms with E-state index in [2.05, 4.69) is 25.9 Å². The molecule has 0 aliphatic carbocycles. The third kappa shape index (κ3) is 8.01. The fraction of sp³-hybridized carbons (Fsp3) is 0.611. The van der Waals surface area contributed by atoms with Gasteiger partial charge < -0.3 is 20.9 Å². The molecule has 0 bridgehead atoms. The molecule has 0 spiro atoms. The first-order valence-electron chi connectivity index (χ1n) is 9.39. The van der Waals surface area contributed by atoms with Crippen LogP contribution < -0.4 is 16.0 Å². The van der Waals surface area contributed by atoms with Gasteiger partial charge in [-0.05, 0) is 32.9 Å². The lowest BCUT2D eigenvalue weighted by Crippen LogP contribution is -2.40. The van der Waals surface area contributed by atoms with E-state index in [1.54, 1.807) is 4.90 Å². The van der Waals surface area contributed by atoms with Crippen LogP contribution in [-0.4, -0.2) is 61.0 Å². The van der Waals surface area contributed by atoms with Crippen molar-refractivity contribution in [2.75, 3.05) is 44.6 Å². The van der Waals surface area contributed by atoms with Crippen molar-refractivity contribution >= 4 is 17.7 Å². The van der Waals surface area contributed by atoms with E-state index in [0.717, 1.165) is 6.07 Å². The number of hydrogen-bond acceptors (Lipinski definition) is 4. The summed E-state index contributed by atoms with van der Waals surface area (Å²) in [5.41, 5.74) is -0.800. The number of nitrogens with zero attached hydrogens (tertiary/aromatic N) is 3. The van der Waals surface area contributed by atoms with Gasteiger partial charge in [-0.15, -0.1) is 0 Å². The summed E-state index contributed by atoms with van der Waals surface area (Å²) in [5, 5.41) is 8.75. The van der Waals surface area contributed by atoms with E-state index in [9.17, 15) is 18.0 Å². The molecule has 0 aliphatic rings. The number of carbonyl (C=O) groups excluding carboxylic acids is 1. The molecule has 0 unspecified atom stereocenters. The van der Waals surface area contributed by atoms with Gasteiger partial charge >= 0.3 is 6.18 Å². The lowest BCUT2D eigenvalue weighted by atomic mass is 10.2. The van der Waals surface area contributed by atoms with Gasteiger partial charge in [-0.1, -0.05) is 0 Å². The van der Waals surface area contributed by atoms with Crippen molar-refractivity contribution in [2.24, 2.45) is 4.99 Å². The Kier molecular flexibility index (Phi) is 10.1. The van der Waals surface area contributed by atoms with Crippen molar-refractivity contribution in [3.63, 3.8) is 0 Å². The van der Waals surface area contributed by atoms with Crippen molar-refractivity contribution in [1.29, 1.82) is 0 Å². The summed E-state index contributed by atoms with van der Waals surface area (Å²) in [4.78, 5) is 21.8. The highest BCUT2D eigenvalue weighted by atomic mass is 19.4. The number of pyridine rings is 1. The van der Waals surface area contributed by atoms with E-state index in [-0.39, 0.29) is 18.3 Å². The smallest absolute Gasteiger partial charge is 0.368 e. The van der Waals surface area contributed by atoms with Gasteiger partial charge in [-0.25, -0.2) is 4.98 Å². The first-order valence-corrected chi connectivity index (χ1v) is 9.39. The third-order valence-corrected chi connectivity index (χ3v) is 3.88. The predicted molar refractivity (Wildman–Crippen MR) is 104 cm³/mol. The first-order chi connectivity index (χ1) is 13.3. The molecule has 0 aliphatic heterocycles. The summed E-state index contributed by atoms with van der Waals surface area (Å²) in [6.45, 7) is 8.60. The number of aromatic nitrogens is 1. The maximum absolute atomic E-state index is 12.9. The minimum absolute atomic E-state index is 0.0427. The third-order valence-electron chi connectivity index (χ3n) is 3.88. The van der Waals surface area contributed by atoms with Gasteiger partial charge in [0.1, 0.15) is 5.82 Å². The number of alkyl halides is 3. The van der Waals surface area contributed by atoms with Crippen molar-refractivity contribution in [1.82, 2.24) is 20.5 Å². The van der Waals surface area contributed by atoms with Crippen LogP contribution in [-0.2, 0) is 11.0 Å². The van der Waals surface area contributed by atoms with Crippen LogP contribution >= 0.6 is 0 Å². The van der Waals surface area contributed by atoms with Crippen LogP contribution in [0, 0.1) is 0 Å². The normalized spacial score (nSPS) is 11.9. The highest BCUT2D eigenvalue weighted by Gasteiger charge is 2.33. The van der Waals surface area contributed by atoms with E-state index in [0.29, 0.717) is 45.1 Å². The number of rotatable bonds is 10. The number of aliphatic imine (C=N–C) groups is 1. The van der Waals surface area contributed by atoms with Crippen LogP contribution in [0.15, 0.2) is 23.3 Å². The lowest BCUT2D eigenvalue weighted by molar-refractivity contribution is -0.137. The number of amides is 1. The van der Waals surface area contributed by atoms with Crippen LogP contribution in [0.3, 0.4) is 0 Å². The largest absolute Gasteiger partial charge is 0.419 e. The molecule has 0 saturated heterocycles. The summed E-state index contributed by atoms with van der Waals surface area (Å²) < 4.78 is 38.8. The molecule has 0 saturated carbocycles. The summed E-state index contributed by atoms with van der Waals surface area (Å²) in [7, 11) is 0. The van der Waals surface area contributed by atoms with Gasteiger partial charge in [0.05, 0.1) is 12.1 Å². The van der Waals surface area contributed by atoms with Crippen molar-refractivity contribution in [2.45, 2.75) is 33.4 Å². The molecule has 3 N–H and O–H groups in total. The average Bonchev–Trinajstić information content (AvgIpc) is 2.65. The molecule has 28 heavy (non-hydrogen) atoms. The minimum Gasteiger partial charge on any atom is -0.368 e. The van der Waals surface area contributed by atoms with Crippen LogP contribution in [0.1, 0.15) is 32.8 Å². The SMILES string of the molecule is CCNC(=NCCC(=O)N(CC)CC)NCCNc1ncccc1C(F)(F)F. The molecular formula is C18H29F3N6O. The summed E-state index contributed by atoms with van der Waals surface area (Å²) in [6, 6.07) is 2.24. The van der Waals surface area contributed by atoms with Gasteiger partial charge in [0.15, 0.2) is 5.96 Å². The van der Waals surface area contributed by atoms with Crippen LogP contribution in [0.25, 0.3) is 0 Å². The van der Waals surface area contributed by atoms with E-state index >= 15 is 0 Å². The maximum atomic E-state index is 12.9. The fourth-order valence-corrected chi connectivity index (χ4v) is 2.48. The molecule has 0 radical (unpaired) electrons. The monoisotopic (exact) mass is 402 g/mol. The highest BCUT2D eigenvalue weighted by Crippen LogP contribution is 2.33. The molecule has 158 valence electrons. The predicted octanol–water partition coefficient (Wildman–Crippen LogP) is 2.33. The summed E-state index contributed by atoms with van der Waals surface area (Å²) in [5.74, 6) is 0.346. The fourth-order valence-electron chi connectivity index (χ4n) is 2.48. The zero-order chi connectivity index (χ0) is 21.0. The number of carbonyl (C=O) groups is 1. The number of nitrogens with one attached hydrogen (secondary N) is 3. The molecule has 1 amide bonds.